The summed E-state index contributed by atoms with van der Waals surface area (Å²) in [5.41, 5.74) is 6.34. The Balaban J connectivity index is 2.17. The Kier molecular flexibility index (Phi) is 6.67. The molecule has 18 heavy (non-hydrogen) atoms. The minimum Gasteiger partial charge on any atom is -0.494 e. The summed E-state index contributed by atoms with van der Waals surface area (Å²) in [6.45, 7) is 5.58. The second kappa shape index (κ2) is 8.37. The van der Waals surface area contributed by atoms with Crippen LogP contribution in [0.5, 0.6) is 5.75 Å². The highest BCUT2D eigenvalue weighted by atomic mass is 16.5. The number of hydrogen-bond acceptors (Lipinski definition) is 4. The summed E-state index contributed by atoms with van der Waals surface area (Å²) >= 11 is 0. The van der Waals surface area contributed by atoms with Crippen LogP contribution in [0.2, 0.25) is 0 Å². The van der Waals surface area contributed by atoms with Crippen molar-refractivity contribution in [2.75, 3.05) is 32.0 Å². The Morgan fingerprint density at radius 3 is 2.61 bits per heavy atom. The fourth-order valence-corrected chi connectivity index (χ4v) is 1.68. The zero-order valence-corrected chi connectivity index (χ0v) is 10.9. The molecule has 0 spiro atoms. The number of rotatable bonds is 8. The highest BCUT2D eigenvalue weighted by Crippen LogP contribution is 2.13. The van der Waals surface area contributed by atoms with E-state index >= 15 is 0 Å². The molecular formula is C14H21N3O. The number of nitriles is 1. The summed E-state index contributed by atoms with van der Waals surface area (Å²) < 4.78 is 5.61. The molecule has 0 saturated carbocycles. The van der Waals surface area contributed by atoms with Crippen LogP contribution in [0.1, 0.15) is 19.8 Å². The van der Waals surface area contributed by atoms with Crippen LogP contribution in [0.3, 0.4) is 0 Å². The van der Waals surface area contributed by atoms with Crippen molar-refractivity contribution in [2.45, 2.75) is 19.8 Å². The summed E-state index contributed by atoms with van der Waals surface area (Å²) in [5.74, 6) is 0.851. The molecule has 0 bridgehead atoms. The van der Waals surface area contributed by atoms with Gasteiger partial charge < -0.3 is 15.4 Å². The summed E-state index contributed by atoms with van der Waals surface area (Å²) in [4.78, 5) is 2.26. The van der Waals surface area contributed by atoms with Crippen molar-refractivity contribution in [1.29, 1.82) is 5.26 Å². The van der Waals surface area contributed by atoms with E-state index in [-0.39, 0.29) is 0 Å². The van der Waals surface area contributed by atoms with E-state index in [0.717, 1.165) is 37.5 Å². The van der Waals surface area contributed by atoms with Crippen LogP contribution >= 0.6 is 0 Å². The molecule has 0 fully saturated rings. The van der Waals surface area contributed by atoms with Crippen molar-refractivity contribution in [3.05, 3.63) is 24.3 Å². The number of nitrogen functional groups attached to an aromatic ring is 1. The SMILES string of the molecule is CCN(CCC#N)CCCOc1ccc(N)cc1. The molecule has 4 nitrogen and oxygen atoms in total. The molecule has 0 saturated heterocycles. The number of anilines is 1. The smallest absolute Gasteiger partial charge is 0.119 e. The largest absolute Gasteiger partial charge is 0.494 e. The van der Waals surface area contributed by atoms with E-state index < -0.39 is 0 Å². The van der Waals surface area contributed by atoms with Gasteiger partial charge in [0.05, 0.1) is 12.7 Å². The van der Waals surface area contributed by atoms with E-state index in [9.17, 15) is 0 Å². The molecule has 0 aliphatic heterocycles. The molecule has 0 aromatic heterocycles. The van der Waals surface area contributed by atoms with Gasteiger partial charge in [-0.15, -0.1) is 0 Å². The molecule has 0 atom stereocenters. The molecular weight excluding hydrogens is 226 g/mol. The van der Waals surface area contributed by atoms with Crippen LogP contribution in [-0.2, 0) is 0 Å². The molecule has 4 heteroatoms. The van der Waals surface area contributed by atoms with Crippen molar-refractivity contribution in [2.24, 2.45) is 0 Å². The fourth-order valence-electron chi connectivity index (χ4n) is 1.68. The summed E-state index contributed by atoms with van der Waals surface area (Å²) in [6.07, 6.45) is 1.55. The van der Waals surface area contributed by atoms with Gasteiger partial charge in [-0.2, -0.15) is 5.26 Å². The van der Waals surface area contributed by atoms with Gasteiger partial charge in [0.15, 0.2) is 0 Å². The average Bonchev–Trinajstić information content (AvgIpc) is 2.40. The lowest BCUT2D eigenvalue weighted by molar-refractivity contribution is 0.245. The van der Waals surface area contributed by atoms with Gasteiger partial charge in [0, 0.05) is 25.2 Å². The van der Waals surface area contributed by atoms with Gasteiger partial charge in [-0.3, -0.25) is 0 Å². The number of benzene rings is 1. The Bertz CT molecular complexity index is 370. The standard InChI is InChI=1S/C14H21N3O/c1-2-17(10-3-9-15)11-4-12-18-14-7-5-13(16)6-8-14/h5-8H,2-4,10-12,16H2,1H3. The van der Waals surface area contributed by atoms with Gasteiger partial charge >= 0.3 is 0 Å². The monoisotopic (exact) mass is 247 g/mol. The van der Waals surface area contributed by atoms with Crippen LogP contribution in [0.25, 0.3) is 0 Å². The van der Waals surface area contributed by atoms with Gasteiger partial charge in [-0.1, -0.05) is 6.92 Å². The van der Waals surface area contributed by atoms with E-state index in [2.05, 4.69) is 17.9 Å². The summed E-state index contributed by atoms with van der Waals surface area (Å²) in [6, 6.07) is 9.59. The fraction of sp³-hybridized carbons (Fsp3) is 0.500. The van der Waals surface area contributed by atoms with E-state index in [0.29, 0.717) is 13.0 Å². The Hall–Kier alpha value is -1.73. The van der Waals surface area contributed by atoms with Crippen molar-refractivity contribution >= 4 is 5.69 Å². The minimum atomic E-state index is 0.590. The first-order valence-corrected chi connectivity index (χ1v) is 6.34. The molecule has 0 aliphatic carbocycles. The normalized spacial score (nSPS) is 10.3. The van der Waals surface area contributed by atoms with Crippen molar-refractivity contribution in [1.82, 2.24) is 4.90 Å². The maximum absolute atomic E-state index is 8.54. The molecule has 0 amide bonds. The molecule has 2 N–H and O–H groups in total. The van der Waals surface area contributed by atoms with Crippen LogP contribution in [0.15, 0.2) is 24.3 Å². The first kappa shape index (κ1) is 14.3. The highest BCUT2D eigenvalue weighted by molar-refractivity contribution is 5.41. The molecule has 0 aliphatic rings. The quantitative estimate of drug-likeness (QED) is 0.565. The number of nitrogens with two attached hydrogens (primary N) is 1. The topological polar surface area (TPSA) is 62.3 Å². The molecule has 0 radical (unpaired) electrons. The molecule has 0 heterocycles. The van der Waals surface area contributed by atoms with E-state index in [4.69, 9.17) is 15.7 Å². The molecule has 0 unspecified atom stereocenters. The first-order valence-electron chi connectivity index (χ1n) is 6.34. The number of ether oxygens (including phenoxy) is 1. The van der Waals surface area contributed by atoms with Crippen molar-refractivity contribution in [3.8, 4) is 11.8 Å². The van der Waals surface area contributed by atoms with Crippen LogP contribution in [0, 0.1) is 11.3 Å². The maximum atomic E-state index is 8.54. The minimum absolute atomic E-state index is 0.590. The predicted molar refractivity (Wildman–Crippen MR) is 73.3 cm³/mol. The summed E-state index contributed by atoms with van der Waals surface area (Å²) in [5, 5.41) is 8.54. The third-order valence-electron chi connectivity index (χ3n) is 2.75. The molecule has 1 aromatic rings. The lowest BCUT2D eigenvalue weighted by Crippen LogP contribution is -2.26. The maximum Gasteiger partial charge on any atom is 0.119 e. The van der Waals surface area contributed by atoms with E-state index in [1.54, 1.807) is 0 Å². The average molecular weight is 247 g/mol. The first-order chi connectivity index (χ1) is 8.76. The van der Waals surface area contributed by atoms with Gasteiger partial charge in [0.2, 0.25) is 0 Å². The van der Waals surface area contributed by atoms with E-state index in [1.807, 2.05) is 24.3 Å². The third-order valence-corrected chi connectivity index (χ3v) is 2.75. The van der Waals surface area contributed by atoms with Gasteiger partial charge in [-0.05, 0) is 37.2 Å². The van der Waals surface area contributed by atoms with Crippen LogP contribution in [0.4, 0.5) is 5.69 Å². The number of hydrogen-bond donors (Lipinski definition) is 1. The Morgan fingerprint density at radius 2 is 2.00 bits per heavy atom. The van der Waals surface area contributed by atoms with E-state index in [1.165, 1.54) is 0 Å². The van der Waals surface area contributed by atoms with Gasteiger partial charge in [-0.25, -0.2) is 0 Å². The van der Waals surface area contributed by atoms with Crippen molar-refractivity contribution in [3.63, 3.8) is 0 Å². The van der Waals surface area contributed by atoms with Crippen molar-refractivity contribution < 1.29 is 4.74 Å². The predicted octanol–water partition coefficient (Wildman–Crippen LogP) is 2.27. The lowest BCUT2D eigenvalue weighted by Gasteiger charge is -2.18. The Morgan fingerprint density at radius 1 is 1.28 bits per heavy atom. The molecule has 1 aromatic carbocycles. The second-order valence-corrected chi connectivity index (χ2v) is 4.11. The van der Waals surface area contributed by atoms with Gasteiger partial charge in [0.25, 0.3) is 0 Å². The van der Waals surface area contributed by atoms with Gasteiger partial charge in [0.1, 0.15) is 5.75 Å². The highest BCUT2D eigenvalue weighted by Gasteiger charge is 2.01. The third kappa shape index (κ3) is 5.55. The molecule has 98 valence electrons. The number of nitrogens with zero attached hydrogens (tertiary/aromatic N) is 2. The lowest BCUT2D eigenvalue weighted by atomic mass is 10.3. The van der Waals surface area contributed by atoms with Crippen LogP contribution in [-0.4, -0.2) is 31.1 Å². The summed E-state index contributed by atoms with van der Waals surface area (Å²) in [7, 11) is 0. The zero-order valence-electron chi connectivity index (χ0n) is 10.9. The zero-order chi connectivity index (χ0) is 13.2. The molecule has 1 rings (SSSR count). The second-order valence-electron chi connectivity index (χ2n) is 4.11. The van der Waals surface area contributed by atoms with Crippen LogP contribution < -0.4 is 10.5 Å². The Labute approximate surface area is 109 Å².